The molecule has 0 unspecified atom stereocenters. The molecule has 8 heteroatoms. The Morgan fingerprint density at radius 2 is 2.16 bits per heavy atom. The van der Waals surface area contributed by atoms with Gasteiger partial charge in [0.1, 0.15) is 12.4 Å². The van der Waals surface area contributed by atoms with E-state index in [1.807, 2.05) is 29.1 Å². The first kappa shape index (κ1) is 23.1. The first-order chi connectivity index (χ1) is 15.2. The fraction of sp³-hybridized carbons (Fsp3) is 0.565. The molecule has 0 spiro atoms. The molecule has 0 saturated carbocycles. The van der Waals surface area contributed by atoms with Gasteiger partial charge in [-0.05, 0) is 50.1 Å². The van der Waals surface area contributed by atoms with Crippen LogP contribution in [0.4, 0.5) is 0 Å². The maximum Gasteiger partial charge on any atom is 0.191 e. The number of hydrogen-bond donors (Lipinski definition) is 2. The molecular formula is C23H36N6O2. The maximum atomic E-state index is 6.00. The number of benzene rings is 1. The van der Waals surface area contributed by atoms with Crippen molar-refractivity contribution in [3.05, 3.63) is 48.3 Å². The fourth-order valence-corrected chi connectivity index (χ4v) is 3.65. The van der Waals surface area contributed by atoms with Crippen molar-refractivity contribution in [2.75, 3.05) is 47.0 Å². The summed E-state index contributed by atoms with van der Waals surface area (Å²) in [7, 11) is 3.96. The fourth-order valence-electron chi connectivity index (χ4n) is 3.65. The van der Waals surface area contributed by atoms with Crippen LogP contribution in [0.25, 0.3) is 0 Å². The summed E-state index contributed by atoms with van der Waals surface area (Å²) < 4.78 is 13.4. The van der Waals surface area contributed by atoms with Crippen LogP contribution >= 0.6 is 0 Å². The summed E-state index contributed by atoms with van der Waals surface area (Å²) in [6.45, 7) is 5.76. The van der Waals surface area contributed by atoms with Crippen LogP contribution in [-0.2, 0) is 17.8 Å². The lowest BCUT2D eigenvalue weighted by molar-refractivity contribution is 0.0392. The molecule has 8 nitrogen and oxygen atoms in total. The standard InChI is InChI=1S/C23H36N6O2/c1-24-23(25-10-4-12-29-13-5-11-27-29)26-19-20-6-3-7-22(18-20)31-17-14-28(2)21-8-15-30-16-9-21/h3,5-7,11,13,18,21H,4,8-10,12,14-17,19H2,1-2H3,(H2,24,25,26). The molecule has 170 valence electrons. The van der Waals surface area contributed by atoms with E-state index in [1.165, 1.54) is 0 Å². The lowest BCUT2D eigenvalue weighted by Gasteiger charge is -2.31. The summed E-state index contributed by atoms with van der Waals surface area (Å²) in [6.07, 6.45) is 6.97. The number of nitrogens with one attached hydrogen (secondary N) is 2. The third kappa shape index (κ3) is 8.22. The van der Waals surface area contributed by atoms with Crippen LogP contribution in [0.2, 0.25) is 0 Å². The van der Waals surface area contributed by atoms with Gasteiger partial charge in [0, 0.05) is 64.9 Å². The number of rotatable bonds is 11. The molecule has 0 bridgehead atoms. The molecule has 3 rings (SSSR count). The van der Waals surface area contributed by atoms with E-state index >= 15 is 0 Å². The number of aliphatic imine (C=N–C) groups is 1. The third-order valence-corrected chi connectivity index (χ3v) is 5.52. The molecule has 0 radical (unpaired) electrons. The minimum Gasteiger partial charge on any atom is -0.492 e. The zero-order chi connectivity index (χ0) is 21.7. The van der Waals surface area contributed by atoms with Crippen molar-refractivity contribution in [3.63, 3.8) is 0 Å². The highest BCUT2D eigenvalue weighted by Crippen LogP contribution is 2.15. The lowest BCUT2D eigenvalue weighted by Crippen LogP contribution is -2.38. The Balaban J connectivity index is 1.34. The zero-order valence-electron chi connectivity index (χ0n) is 18.8. The molecule has 0 aliphatic carbocycles. The van der Waals surface area contributed by atoms with Gasteiger partial charge in [0.15, 0.2) is 5.96 Å². The molecule has 0 atom stereocenters. The number of guanidine groups is 1. The van der Waals surface area contributed by atoms with E-state index < -0.39 is 0 Å². The summed E-state index contributed by atoms with van der Waals surface area (Å²) in [5.41, 5.74) is 1.16. The van der Waals surface area contributed by atoms with Crippen LogP contribution in [0.5, 0.6) is 5.75 Å². The highest BCUT2D eigenvalue weighted by atomic mass is 16.5. The van der Waals surface area contributed by atoms with E-state index in [9.17, 15) is 0 Å². The van der Waals surface area contributed by atoms with E-state index in [2.05, 4.69) is 44.8 Å². The van der Waals surface area contributed by atoms with Gasteiger partial charge < -0.3 is 20.1 Å². The van der Waals surface area contributed by atoms with Crippen LogP contribution in [-0.4, -0.2) is 73.7 Å². The van der Waals surface area contributed by atoms with Crippen LogP contribution in [0.1, 0.15) is 24.8 Å². The van der Waals surface area contributed by atoms with E-state index in [1.54, 1.807) is 13.2 Å². The molecule has 1 fully saturated rings. The molecule has 31 heavy (non-hydrogen) atoms. The molecule has 2 N–H and O–H groups in total. The highest BCUT2D eigenvalue weighted by molar-refractivity contribution is 5.79. The van der Waals surface area contributed by atoms with Crippen LogP contribution in [0.3, 0.4) is 0 Å². The molecule has 1 aliphatic heterocycles. The number of aryl methyl sites for hydroxylation is 1. The Kier molecular flexibility index (Phi) is 9.66. The van der Waals surface area contributed by atoms with E-state index in [4.69, 9.17) is 9.47 Å². The number of aromatic nitrogens is 2. The Morgan fingerprint density at radius 1 is 1.29 bits per heavy atom. The SMILES string of the molecule is CN=C(NCCCn1cccn1)NCc1cccc(OCCN(C)C2CCOCC2)c1. The number of ether oxygens (including phenoxy) is 2. The molecule has 1 aromatic carbocycles. The van der Waals surface area contributed by atoms with Gasteiger partial charge in [-0.15, -0.1) is 0 Å². The van der Waals surface area contributed by atoms with Crippen molar-refractivity contribution < 1.29 is 9.47 Å². The minimum atomic E-state index is 0.603. The molecule has 1 aliphatic rings. The van der Waals surface area contributed by atoms with Crippen molar-refractivity contribution >= 4 is 5.96 Å². The van der Waals surface area contributed by atoms with Gasteiger partial charge >= 0.3 is 0 Å². The van der Waals surface area contributed by atoms with Crippen LogP contribution in [0.15, 0.2) is 47.7 Å². The molecular weight excluding hydrogens is 392 g/mol. The molecule has 2 heterocycles. The second-order valence-corrected chi connectivity index (χ2v) is 7.80. The first-order valence-corrected chi connectivity index (χ1v) is 11.2. The molecule has 1 saturated heterocycles. The Hall–Kier alpha value is -2.58. The number of likely N-dealkylation sites (N-methyl/N-ethyl adjacent to an activating group) is 1. The summed E-state index contributed by atoms with van der Waals surface area (Å²) in [4.78, 5) is 6.68. The van der Waals surface area contributed by atoms with Gasteiger partial charge in [0.05, 0.1) is 0 Å². The van der Waals surface area contributed by atoms with Crippen molar-refractivity contribution in [3.8, 4) is 5.75 Å². The Morgan fingerprint density at radius 3 is 2.94 bits per heavy atom. The maximum absolute atomic E-state index is 6.00. The molecule has 2 aromatic rings. The Labute approximate surface area is 185 Å². The van der Waals surface area contributed by atoms with Gasteiger partial charge in [0.2, 0.25) is 0 Å². The van der Waals surface area contributed by atoms with E-state index in [0.717, 1.165) is 69.4 Å². The van der Waals surface area contributed by atoms with Gasteiger partial charge in [-0.2, -0.15) is 5.10 Å². The topological polar surface area (TPSA) is 75.9 Å². The second-order valence-electron chi connectivity index (χ2n) is 7.80. The third-order valence-electron chi connectivity index (χ3n) is 5.52. The van der Waals surface area contributed by atoms with E-state index in [-0.39, 0.29) is 0 Å². The molecule has 0 amide bonds. The summed E-state index contributed by atoms with van der Waals surface area (Å²) in [5.74, 6) is 1.70. The lowest BCUT2D eigenvalue weighted by atomic mass is 10.1. The van der Waals surface area contributed by atoms with Crippen molar-refractivity contribution in [1.29, 1.82) is 0 Å². The second kappa shape index (κ2) is 13.0. The van der Waals surface area contributed by atoms with Crippen LogP contribution in [0, 0.1) is 0 Å². The smallest absolute Gasteiger partial charge is 0.191 e. The van der Waals surface area contributed by atoms with Gasteiger partial charge in [-0.1, -0.05) is 12.1 Å². The van der Waals surface area contributed by atoms with Gasteiger partial charge in [-0.25, -0.2) is 0 Å². The van der Waals surface area contributed by atoms with Gasteiger partial charge in [-0.3, -0.25) is 14.6 Å². The summed E-state index contributed by atoms with van der Waals surface area (Å²) >= 11 is 0. The largest absolute Gasteiger partial charge is 0.492 e. The Bertz CT molecular complexity index is 774. The number of nitrogens with zero attached hydrogens (tertiary/aromatic N) is 4. The summed E-state index contributed by atoms with van der Waals surface area (Å²) in [6, 6.07) is 10.8. The van der Waals surface area contributed by atoms with Gasteiger partial charge in [0.25, 0.3) is 0 Å². The zero-order valence-corrected chi connectivity index (χ0v) is 18.8. The average molecular weight is 429 g/mol. The quantitative estimate of drug-likeness (QED) is 0.324. The van der Waals surface area contributed by atoms with Crippen molar-refractivity contribution in [1.82, 2.24) is 25.3 Å². The minimum absolute atomic E-state index is 0.603. The molecule has 1 aromatic heterocycles. The number of hydrogen-bond acceptors (Lipinski definition) is 5. The predicted octanol–water partition coefficient (Wildman–Crippen LogP) is 2.13. The van der Waals surface area contributed by atoms with E-state index in [0.29, 0.717) is 19.2 Å². The normalized spacial score (nSPS) is 15.3. The average Bonchev–Trinajstić information content (AvgIpc) is 3.33. The van der Waals surface area contributed by atoms with Crippen molar-refractivity contribution in [2.24, 2.45) is 4.99 Å². The highest BCUT2D eigenvalue weighted by Gasteiger charge is 2.17. The van der Waals surface area contributed by atoms with Crippen molar-refractivity contribution in [2.45, 2.75) is 38.4 Å². The van der Waals surface area contributed by atoms with Crippen LogP contribution < -0.4 is 15.4 Å². The monoisotopic (exact) mass is 428 g/mol. The summed E-state index contributed by atoms with van der Waals surface area (Å²) in [5, 5.41) is 10.9. The predicted molar refractivity (Wildman–Crippen MR) is 123 cm³/mol. The first-order valence-electron chi connectivity index (χ1n) is 11.2.